The summed E-state index contributed by atoms with van der Waals surface area (Å²) >= 11 is 1.77. The van der Waals surface area contributed by atoms with Crippen LogP contribution in [0.5, 0.6) is 0 Å². The van der Waals surface area contributed by atoms with E-state index in [9.17, 15) is 4.79 Å². The van der Waals surface area contributed by atoms with E-state index < -0.39 is 0 Å². The van der Waals surface area contributed by atoms with Crippen LogP contribution in [0.2, 0.25) is 0 Å². The van der Waals surface area contributed by atoms with Gasteiger partial charge < -0.3 is 5.32 Å². The summed E-state index contributed by atoms with van der Waals surface area (Å²) in [5.74, 6) is 1.85. The number of thioether (sulfide) groups is 1. The summed E-state index contributed by atoms with van der Waals surface area (Å²) in [5.41, 5.74) is 1.17. The van der Waals surface area contributed by atoms with Gasteiger partial charge in [-0.2, -0.15) is 0 Å². The number of rotatable bonds is 4. The number of hydrogen-bond acceptors (Lipinski definition) is 3. The van der Waals surface area contributed by atoms with Gasteiger partial charge in [-0.1, -0.05) is 44.2 Å². The molecule has 1 aliphatic heterocycles. The van der Waals surface area contributed by atoms with Crippen molar-refractivity contribution in [2.75, 3.05) is 11.6 Å². The molecule has 3 nitrogen and oxygen atoms in total. The Balaban J connectivity index is 2.02. The first-order valence-electron chi connectivity index (χ1n) is 6.69. The summed E-state index contributed by atoms with van der Waals surface area (Å²) in [5, 5.41) is 6.35. The van der Waals surface area contributed by atoms with E-state index in [2.05, 4.69) is 43.5 Å². The lowest BCUT2D eigenvalue weighted by Gasteiger charge is -2.33. The van der Waals surface area contributed by atoms with Gasteiger partial charge in [-0.25, -0.2) is 0 Å². The summed E-state index contributed by atoms with van der Waals surface area (Å²) < 4.78 is 0. The van der Waals surface area contributed by atoms with Crippen LogP contribution in [0.15, 0.2) is 30.3 Å². The Morgan fingerprint density at radius 2 is 2.11 bits per heavy atom. The van der Waals surface area contributed by atoms with Crippen molar-refractivity contribution in [3.05, 3.63) is 35.9 Å². The first kappa shape index (κ1) is 14.4. The van der Waals surface area contributed by atoms with Gasteiger partial charge in [0.25, 0.3) is 0 Å². The predicted molar refractivity (Wildman–Crippen MR) is 81.3 cm³/mol. The minimum atomic E-state index is -0.0807. The summed E-state index contributed by atoms with van der Waals surface area (Å²) in [6.45, 7) is 6.42. The van der Waals surface area contributed by atoms with Gasteiger partial charge in [-0.05, 0) is 12.5 Å². The second kappa shape index (κ2) is 5.97. The molecule has 1 fully saturated rings. The Kier molecular flexibility index (Phi) is 4.53. The Labute approximate surface area is 119 Å². The smallest absolute Gasteiger partial charge is 0.238 e. The molecular weight excluding hydrogens is 256 g/mol. The summed E-state index contributed by atoms with van der Waals surface area (Å²) in [7, 11) is 0. The lowest BCUT2D eigenvalue weighted by atomic mass is 9.78. The lowest BCUT2D eigenvalue weighted by molar-refractivity contribution is -0.123. The van der Waals surface area contributed by atoms with Gasteiger partial charge in [0.15, 0.2) is 0 Å². The first-order chi connectivity index (χ1) is 9.01. The maximum Gasteiger partial charge on any atom is 0.238 e. The molecule has 0 radical (unpaired) electrons. The van der Waals surface area contributed by atoms with Crippen molar-refractivity contribution in [3.63, 3.8) is 0 Å². The van der Waals surface area contributed by atoms with E-state index in [0.29, 0.717) is 0 Å². The van der Waals surface area contributed by atoms with Crippen molar-refractivity contribution < 1.29 is 4.79 Å². The second-order valence-electron chi connectivity index (χ2n) is 5.59. The van der Waals surface area contributed by atoms with Crippen LogP contribution in [0, 0.1) is 0 Å². The molecule has 19 heavy (non-hydrogen) atoms. The molecule has 0 spiro atoms. The largest absolute Gasteiger partial charge is 0.351 e. The molecule has 0 saturated carbocycles. The average Bonchev–Trinajstić information content (AvgIpc) is 2.93. The van der Waals surface area contributed by atoms with Gasteiger partial charge in [0.2, 0.25) is 5.91 Å². The standard InChI is InChI=1S/C15H22N2OS/c1-11(17-14(18)13-9-19-10-16-13)15(2,3)12-7-5-4-6-8-12/h4-8,11,13,16H,9-10H2,1-3H3,(H,17,18)/t11?,13-/m1/s1. The fraction of sp³-hybridized carbons (Fsp3) is 0.533. The molecule has 1 heterocycles. The molecule has 2 rings (SSSR count). The first-order valence-corrected chi connectivity index (χ1v) is 7.84. The van der Waals surface area contributed by atoms with E-state index in [0.717, 1.165) is 11.6 Å². The molecule has 4 heteroatoms. The monoisotopic (exact) mass is 278 g/mol. The fourth-order valence-electron chi connectivity index (χ4n) is 2.18. The second-order valence-corrected chi connectivity index (χ2v) is 6.62. The fourth-order valence-corrected chi connectivity index (χ4v) is 3.12. The van der Waals surface area contributed by atoms with E-state index >= 15 is 0 Å². The number of carbonyl (C=O) groups is 1. The maximum atomic E-state index is 12.1. The zero-order valence-corrected chi connectivity index (χ0v) is 12.6. The Morgan fingerprint density at radius 1 is 1.42 bits per heavy atom. The van der Waals surface area contributed by atoms with Crippen LogP contribution in [0.25, 0.3) is 0 Å². The molecule has 2 atom stereocenters. The molecule has 1 aliphatic rings. The molecule has 104 valence electrons. The lowest BCUT2D eigenvalue weighted by Crippen LogP contribution is -2.51. The van der Waals surface area contributed by atoms with Crippen LogP contribution in [-0.4, -0.2) is 29.6 Å². The molecule has 1 aromatic rings. The van der Waals surface area contributed by atoms with Crippen LogP contribution in [0.3, 0.4) is 0 Å². The Hall–Kier alpha value is -1.00. The molecule has 0 bridgehead atoms. The third-order valence-corrected chi connectivity index (χ3v) is 4.93. The van der Waals surface area contributed by atoms with Crippen molar-refractivity contribution >= 4 is 17.7 Å². The van der Waals surface area contributed by atoms with E-state index in [1.807, 2.05) is 18.2 Å². The molecule has 1 saturated heterocycles. The molecule has 1 unspecified atom stereocenters. The number of carbonyl (C=O) groups excluding carboxylic acids is 1. The van der Waals surface area contributed by atoms with Gasteiger partial charge in [0.1, 0.15) is 0 Å². The van der Waals surface area contributed by atoms with Gasteiger partial charge in [-0.15, -0.1) is 11.8 Å². The maximum absolute atomic E-state index is 12.1. The highest BCUT2D eigenvalue weighted by Gasteiger charge is 2.31. The highest BCUT2D eigenvalue weighted by Crippen LogP contribution is 2.27. The van der Waals surface area contributed by atoms with Gasteiger partial charge >= 0.3 is 0 Å². The molecular formula is C15H22N2OS. The SMILES string of the molecule is CC(NC(=O)[C@H]1CSCN1)C(C)(C)c1ccccc1. The zero-order chi connectivity index (χ0) is 13.9. The van der Waals surface area contributed by atoms with Gasteiger partial charge in [-0.3, -0.25) is 10.1 Å². The number of amides is 1. The molecule has 0 aliphatic carbocycles. The highest BCUT2D eigenvalue weighted by atomic mass is 32.2. The third-order valence-electron chi connectivity index (χ3n) is 3.99. The van der Waals surface area contributed by atoms with Gasteiger partial charge in [0, 0.05) is 23.1 Å². The quantitative estimate of drug-likeness (QED) is 0.886. The highest BCUT2D eigenvalue weighted by molar-refractivity contribution is 7.99. The van der Waals surface area contributed by atoms with Crippen molar-refractivity contribution in [1.29, 1.82) is 0 Å². The number of nitrogens with one attached hydrogen (secondary N) is 2. The van der Waals surface area contributed by atoms with E-state index in [-0.39, 0.29) is 23.4 Å². The summed E-state index contributed by atoms with van der Waals surface area (Å²) in [6, 6.07) is 10.4. The van der Waals surface area contributed by atoms with E-state index in [1.54, 1.807) is 11.8 Å². The van der Waals surface area contributed by atoms with Crippen LogP contribution in [0.1, 0.15) is 26.3 Å². The molecule has 0 aromatic heterocycles. The van der Waals surface area contributed by atoms with Crippen molar-refractivity contribution in [1.82, 2.24) is 10.6 Å². The summed E-state index contributed by atoms with van der Waals surface area (Å²) in [6.07, 6.45) is 0. The molecule has 1 amide bonds. The number of benzene rings is 1. The van der Waals surface area contributed by atoms with Crippen molar-refractivity contribution in [2.24, 2.45) is 0 Å². The third kappa shape index (κ3) is 3.31. The number of hydrogen-bond donors (Lipinski definition) is 2. The van der Waals surface area contributed by atoms with E-state index in [1.165, 1.54) is 5.56 Å². The van der Waals surface area contributed by atoms with E-state index in [4.69, 9.17) is 0 Å². The van der Waals surface area contributed by atoms with Gasteiger partial charge in [0.05, 0.1) is 6.04 Å². The molecule has 1 aromatic carbocycles. The normalized spacial score (nSPS) is 21.1. The topological polar surface area (TPSA) is 41.1 Å². The van der Waals surface area contributed by atoms with Crippen LogP contribution in [0.4, 0.5) is 0 Å². The molecule has 2 N–H and O–H groups in total. The van der Waals surface area contributed by atoms with Crippen LogP contribution >= 0.6 is 11.8 Å². The predicted octanol–water partition coefficient (Wildman–Crippen LogP) is 2.13. The average molecular weight is 278 g/mol. The zero-order valence-electron chi connectivity index (χ0n) is 11.8. The minimum absolute atomic E-state index is 0.0426. The van der Waals surface area contributed by atoms with Crippen molar-refractivity contribution in [3.8, 4) is 0 Å². The Bertz CT molecular complexity index is 427. The minimum Gasteiger partial charge on any atom is -0.351 e. The van der Waals surface area contributed by atoms with Crippen LogP contribution in [-0.2, 0) is 10.2 Å². The Morgan fingerprint density at radius 3 is 2.68 bits per heavy atom. The summed E-state index contributed by atoms with van der Waals surface area (Å²) in [4.78, 5) is 12.1. The van der Waals surface area contributed by atoms with Crippen LogP contribution < -0.4 is 10.6 Å². The van der Waals surface area contributed by atoms with Crippen molar-refractivity contribution in [2.45, 2.75) is 38.3 Å².